The van der Waals surface area contributed by atoms with Gasteiger partial charge in [0, 0.05) is 13.0 Å². The van der Waals surface area contributed by atoms with Gasteiger partial charge in [-0.05, 0) is 12.8 Å². The predicted molar refractivity (Wildman–Crippen MR) is 164 cm³/mol. The molecule has 0 bridgehead atoms. The van der Waals surface area contributed by atoms with Crippen molar-refractivity contribution in [2.24, 2.45) is 0 Å². The quantitative estimate of drug-likeness (QED) is 0.0560. The van der Waals surface area contributed by atoms with E-state index in [1.807, 2.05) is 0 Å². The molecule has 0 fully saturated rings. The average molecular weight is 575 g/mol. The van der Waals surface area contributed by atoms with E-state index >= 15 is 0 Å². The molecule has 7 nitrogen and oxygen atoms in total. The van der Waals surface area contributed by atoms with Gasteiger partial charge in [0.05, 0.1) is 59.5 Å². The van der Waals surface area contributed by atoms with E-state index in [1.165, 1.54) is 96.3 Å². The van der Waals surface area contributed by atoms with Crippen LogP contribution in [-0.2, 0) is 33.2 Å². The Labute approximate surface area is 247 Å². The highest BCUT2D eigenvalue weighted by Gasteiger charge is 2.02. The fourth-order valence-electron chi connectivity index (χ4n) is 4.36. The summed E-state index contributed by atoms with van der Waals surface area (Å²) in [5, 5.41) is 0. The molecule has 0 aliphatic carbocycles. The van der Waals surface area contributed by atoms with Crippen LogP contribution < -0.4 is 0 Å². The summed E-state index contributed by atoms with van der Waals surface area (Å²) < 4.78 is 32.7. The van der Waals surface area contributed by atoms with Gasteiger partial charge in [-0.2, -0.15) is 0 Å². The van der Waals surface area contributed by atoms with Gasteiger partial charge in [0.1, 0.15) is 6.61 Å². The van der Waals surface area contributed by atoms with E-state index in [2.05, 4.69) is 13.8 Å². The molecular formula is C33H66O7. The molecule has 0 aromatic heterocycles. The molecule has 0 N–H and O–H groups in total. The zero-order chi connectivity index (χ0) is 29.0. The van der Waals surface area contributed by atoms with E-state index in [9.17, 15) is 4.79 Å². The first-order valence-electron chi connectivity index (χ1n) is 16.9. The van der Waals surface area contributed by atoms with Gasteiger partial charge in [0.15, 0.2) is 0 Å². The summed E-state index contributed by atoms with van der Waals surface area (Å²) >= 11 is 0. The number of hydrogen-bond acceptors (Lipinski definition) is 7. The molecular weight excluding hydrogens is 508 g/mol. The van der Waals surface area contributed by atoms with Crippen molar-refractivity contribution in [3.8, 4) is 0 Å². The van der Waals surface area contributed by atoms with E-state index in [-0.39, 0.29) is 5.97 Å². The molecule has 0 saturated heterocycles. The summed E-state index contributed by atoms with van der Waals surface area (Å²) in [6, 6.07) is 0. The normalized spacial score (nSPS) is 11.3. The maximum absolute atomic E-state index is 11.5. The smallest absolute Gasteiger partial charge is 0.305 e. The molecule has 0 aromatic rings. The lowest BCUT2D eigenvalue weighted by Gasteiger charge is -2.08. The van der Waals surface area contributed by atoms with Crippen molar-refractivity contribution in [3.63, 3.8) is 0 Å². The van der Waals surface area contributed by atoms with E-state index in [4.69, 9.17) is 28.4 Å². The lowest BCUT2D eigenvalue weighted by Crippen LogP contribution is -2.15. The maximum Gasteiger partial charge on any atom is 0.305 e. The summed E-state index contributed by atoms with van der Waals surface area (Å²) in [6.45, 7) is 10.4. The van der Waals surface area contributed by atoms with Crippen LogP contribution in [0.5, 0.6) is 0 Å². The highest BCUT2D eigenvalue weighted by Crippen LogP contribution is 2.13. The van der Waals surface area contributed by atoms with Crippen LogP contribution in [0, 0.1) is 0 Å². The summed E-state index contributed by atoms with van der Waals surface area (Å²) in [7, 11) is 0. The molecule has 240 valence electrons. The second-order valence-corrected chi connectivity index (χ2v) is 10.7. The Balaban J connectivity index is 3.07. The Morgan fingerprint density at radius 2 is 0.650 bits per heavy atom. The van der Waals surface area contributed by atoms with Crippen molar-refractivity contribution in [2.45, 2.75) is 136 Å². The average Bonchev–Trinajstić information content (AvgIpc) is 2.96. The van der Waals surface area contributed by atoms with Crippen LogP contribution >= 0.6 is 0 Å². The molecule has 0 spiro atoms. The first kappa shape index (κ1) is 39.3. The zero-order valence-electron chi connectivity index (χ0n) is 26.6. The number of unbranched alkanes of at least 4 members (excludes halogenated alkanes) is 16. The summed E-state index contributed by atoms with van der Waals surface area (Å²) in [5.41, 5.74) is 0. The first-order valence-corrected chi connectivity index (χ1v) is 16.9. The van der Waals surface area contributed by atoms with E-state index in [0.717, 1.165) is 25.9 Å². The minimum Gasteiger partial charge on any atom is -0.463 e. The highest BCUT2D eigenvalue weighted by atomic mass is 16.6. The van der Waals surface area contributed by atoms with Crippen LogP contribution in [0.15, 0.2) is 0 Å². The van der Waals surface area contributed by atoms with Crippen molar-refractivity contribution >= 4 is 5.97 Å². The summed E-state index contributed by atoms with van der Waals surface area (Å²) in [6.07, 6.45) is 24.1. The van der Waals surface area contributed by atoms with Crippen LogP contribution in [-0.4, -0.2) is 78.6 Å². The minimum absolute atomic E-state index is 0.134. The Bertz CT molecular complexity index is 476. The number of carbonyl (C=O) groups is 1. The summed E-state index contributed by atoms with van der Waals surface area (Å²) in [4.78, 5) is 11.5. The van der Waals surface area contributed by atoms with Gasteiger partial charge in [-0.3, -0.25) is 4.79 Å². The SMILES string of the molecule is CCCCCCCCCCCCCCCCOCCOCCOCCOCCOCCOC(=O)CCCCCC. The molecule has 0 heterocycles. The molecule has 0 aliphatic heterocycles. The Kier molecular flexibility index (Phi) is 35.6. The van der Waals surface area contributed by atoms with Crippen molar-refractivity contribution in [1.82, 2.24) is 0 Å². The Hall–Kier alpha value is -0.730. The molecule has 0 aliphatic rings. The van der Waals surface area contributed by atoms with Crippen molar-refractivity contribution in [2.75, 3.05) is 72.7 Å². The standard InChI is InChI=1S/C33H66O7/c1-3-5-7-9-10-11-12-13-14-15-16-17-18-20-22-35-23-24-36-25-26-37-27-28-38-29-30-39-31-32-40-33(34)21-19-8-6-4-2/h3-32H2,1-2H3. The third-order valence-corrected chi connectivity index (χ3v) is 6.86. The van der Waals surface area contributed by atoms with Gasteiger partial charge < -0.3 is 28.4 Å². The number of rotatable bonds is 35. The zero-order valence-corrected chi connectivity index (χ0v) is 26.6. The minimum atomic E-state index is -0.134. The predicted octanol–water partition coefficient (Wildman–Crippen LogP) is 8.06. The molecule has 40 heavy (non-hydrogen) atoms. The molecule has 7 heteroatoms. The molecule has 0 radical (unpaired) electrons. The number of ether oxygens (including phenoxy) is 6. The van der Waals surface area contributed by atoms with Crippen LogP contribution in [0.25, 0.3) is 0 Å². The van der Waals surface area contributed by atoms with E-state index in [1.54, 1.807) is 0 Å². The molecule has 0 rings (SSSR count). The fraction of sp³-hybridized carbons (Fsp3) is 0.970. The molecule has 0 amide bonds. The third-order valence-electron chi connectivity index (χ3n) is 6.86. The van der Waals surface area contributed by atoms with Crippen LogP contribution in [0.4, 0.5) is 0 Å². The third kappa shape index (κ3) is 35.3. The summed E-state index contributed by atoms with van der Waals surface area (Å²) in [5.74, 6) is -0.134. The van der Waals surface area contributed by atoms with Crippen molar-refractivity contribution in [3.05, 3.63) is 0 Å². The van der Waals surface area contributed by atoms with Gasteiger partial charge in [-0.1, -0.05) is 117 Å². The monoisotopic (exact) mass is 574 g/mol. The van der Waals surface area contributed by atoms with Crippen LogP contribution in [0.1, 0.15) is 136 Å². The van der Waals surface area contributed by atoms with E-state index in [0.29, 0.717) is 72.5 Å². The number of esters is 1. The topological polar surface area (TPSA) is 72.5 Å². The fourth-order valence-corrected chi connectivity index (χ4v) is 4.36. The van der Waals surface area contributed by atoms with E-state index < -0.39 is 0 Å². The highest BCUT2D eigenvalue weighted by molar-refractivity contribution is 5.69. The Morgan fingerprint density at radius 1 is 0.350 bits per heavy atom. The lowest BCUT2D eigenvalue weighted by atomic mass is 10.0. The second kappa shape index (κ2) is 36.3. The molecule has 0 saturated carbocycles. The van der Waals surface area contributed by atoms with Crippen molar-refractivity contribution in [1.29, 1.82) is 0 Å². The Morgan fingerprint density at radius 3 is 1.05 bits per heavy atom. The van der Waals surface area contributed by atoms with Crippen LogP contribution in [0.2, 0.25) is 0 Å². The van der Waals surface area contributed by atoms with Gasteiger partial charge in [-0.25, -0.2) is 0 Å². The van der Waals surface area contributed by atoms with Gasteiger partial charge in [0.25, 0.3) is 0 Å². The largest absolute Gasteiger partial charge is 0.463 e. The molecule has 0 aromatic carbocycles. The van der Waals surface area contributed by atoms with Crippen LogP contribution in [0.3, 0.4) is 0 Å². The van der Waals surface area contributed by atoms with Gasteiger partial charge in [-0.15, -0.1) is 0 Å². The van der Waals surface area contributed by atoms with Gasteiger partial charge in [0.2, 0.25) is 0 Å². The molecule has 0 unspecified atom stereocenters. The first-order chi connectivity index (χ1) is 19.8. The van der Waals surface area contributed by atoms with Crippen molar-refractivity contribution < 1.29 is 33.2 Å². The second-order valence-electron chi connectivity index (χ2n) is 10.7. The van der Waals surface area contributed by atoms with Gasteiger partial charge >= 0.3 is 5.97 Å². The lowest BCUT2D eigenvalue weighted by molar-refractivity contribution is -0.145. The maximum atomic E-state index is 11.5. The number of hydrogen-bond donors (Lipinski definition) is 0. The number of carbonyl (C=O) groups excluding carboxylic acids is 1. The molecule has 0 atom stereocenters.